The summed E-state index contributed by atoms with van der Waals surface area (Å²) in [4.78, 5) is 29.9. The highest BCUT2D eigenvalue weighted by molar-refractivity contribution is 6.10. The number of amides is 1. The number of hydrogen-bond donors (Lipinski definition) is 2. The van der Waals surface area contributed by atoms with Crippen LogP contribution in [0.4, 0.5) is 24.8 Å². The smallest absolute Gasteiger partial charge is 0.416 e. The molecule has 4 aromatic rings. The molecule has 2 aromatic heterocycles. The maximum Gasteiger partial charge on any atom is 0.416 e. The molecule has 196 valence electrons. The van der Waals surface area contributed by atoms with Gasteiger partial charge in [-0.25, -0.2) is 4.98 Å². The Balaban J connectivity index is 1.67. The highest BCUT2D eigenvalue weighted by atomic mass is 19.4. The SMILES string of the molecule is Cn1cnnc1-c1ccc(C#N)cc1-c1cc(NCC(=O)O)nc(N2Cc3c(cccc3C(F)(F)F)C2=O)c1. The van der Waals surface area contributed by atoms with Crippen LogP contribution in [0.2, 0.25) is 0 Å². The van der Waals surface area contributed by atoms with E-state index >= 15 is 0 Å². The molecule has 2 aromatic carbocycles. The lowest BCUT2D eigenvalue weighted by Crippen LogP contribution is -2.25. The molecule has 10 nitrogen and oxygen atoms in total. The molecule has 0 spiro atoms. The number of hydrogen-bond acceptors (Lipinski definition) is 7. The summed E-state index contributed by atoms with van der Waals surface area (Å²) in [6.07, 6.45) is -3.17. The molecule has 0 aliphatic carbocycles. The molecule has 5 rings (SSSR count). The average molecular weight is 533 g/mol. The third kappa shape index (κ3) is 4.75. The first-order chi connectivity index (χ1) is 18.6. The number of carboxylic acid groups (broad SMARTS) is 1. The number of aromatic nitrogens is 4. The molecule has 0 saturated heterocycles. The molecule has 3 heterocycles. The zero-order valence-electron chi connectivity index (χ0n) is 20.2. The van der Waals surface area contributed by atoms with E-state index in [0.717, 1.165) is 11.0 Å². The lowest BCUT2D eigenvalue weighted by molar-refractivity contribution is -0.138. The summed E-state index contributed by atoms with van der Waals surface area (Å²) < 4.78 is 42.6. The van der Waals surface area contributed by atoms with E-state index < -0.39 is 30.2 Å². The molecule has 2 N–H and O–H groups in total. The number of aliphatic carboxylic acids is 1. The van der Waals surface area contributed by atoms with Crippen LogP contribution < -0.4 is 10.2 Å². The Bertz CT molecular complexity index is 1670. The monoisotopic (exact) mass is 533 g/mol. The molecule has 13 heteroatoms. The second-order valence-electron chi connectivity index (χ2n) is 8.70. The summed E-state index contributed by atoms with van der Waals surface area (Å²) in [5, 5.41) is 29.4. The highest BCUT2D eigenvalue weighted by Crippen LogP contribution is 2.40. The lowest BCUT2D eigenvalue weighted by atomic mass is 9.97. The van der Waals surface area contributed by atoms with Crippen molar-refractivity contribution in [2.24, 2.45) is 7.05 Å². The van der Waals surface area contributed by atoms with Crippen molar-refractivity contribution < 1.29 is 27.9 Å². The Kier molecular flexibility index (Phi) is 6.23. The van der Waals surface area contributed by atoms with Gasteiger partial charge in [0.1, 0.15) is 24.5 Å². The second kappa shape index (κ2) is 9.56. The van der Waals surface area contributed by atoms with Gasteiger partial charge < -0.3 is 15.0 Å². The van der Waals surface area contributed by atoms with E-state index in [1.807, 2.05) is 0 Å². The number of nitriles is 1. The van der Waals surface area contributed by atoms with Crippen LogP contribution in [0.1, 0.15) is 27.0 Å². The van der Waals surface area contributed by atoms with Crippen molar-refractivity contribution >= 4 is 23.5 Å². The highest BCUT2D eigenvalue weighted by Gasteiger charge is 2.40. The molecule has 0 atom stereocenters. The van der Waals surface area contributed by atoms with Gasteiger partial charge in [0.05, 0.1) is 23.7 Å². The Morgan fingerprint density at radius 2 is 1.95 bits per heavy atom. The third-order valence-electron chi connectivity index (χ3n) is 6.19. The van der Waals surface area contributed by atoms with Crippen molar-refractivity contribution in [1.29, 1.82) is 5.26 Å². The predicted octanol–water partition coefficient (Wildman–Crippen LogP) is 4.09. The molecule has 1 aliphatic rings. The maximum absolute atomic E-state index is 13.7. The van der Waals surface area contributed by atoms with Crippen LogP contribution in [0.5, 0.6) is 0 Å². The minimum atomic E-state index is -4.66. The summed E-state index contributed by atoms with van der Waals surface area (Å²) in [5.74, 6) is -1.32. The number of aryl methyl sites for hydroxylation is 1. The fourth-order valence-corrected chi connectivity index (χ4v) is 4.42. The number of nitrogens with zero attached hydrogens (tertiary/aromatic N) is 6. The van der Waals surface area contributed by atoms with Gasteiger partial charge in [0, 0.05) is 18.2 Å². The minimum absolute atomic E-state index is 0.000916. The lowest BCUT2D eigenvalue weighted by Gasteiger charge is -2.19. The van der Waals surface area contributed by atoms with E-state index in [0.29, 0.717) is 28.1 Å². The molecule has 39 heavy (non-hydrogen) atoms. The fourth-order valence-electron chi connectivity index (χ4n) is 4.42. The van der Waals surface area contributed by atoms with E-state index in [1.165, 1.54) is 30.6 Å². The maximum atomic E-state index is 13.7. The Labute approximate surface area is 219 Å². The van der Waals surface area contributed by atoms with Crippen LogP contribution in [-0.2, 0) is 24.6 Å². The molecule has 0 fully saturated rings. The van der Waals surface area contributed by atoms with E-state index in [4.69, 9.17) is 5.11 Å². The summed E-state index contributed by atoms with van der Waals surface area (Å²) in [7, 11) is 1.73. The zero-order valence-corrected chi connectivity index (χ0v) is 20.2. The first kappa shape index (κ1) is 25.4. The Morgan fingerprint density at radius 1 is 1.15 bits per heavy atom. The molecular weight excluding hydrogens is 515 g/mol. The van der Waals surface area contributed by atoms with Crippen LogP contribution in [0.3, 0.4) is 0 Å². The predicted molar refractivity (Wildman–Crippen MR) is 132 cm³/mol. The van der Waals surface area contributed by atoms with Crippen molar-refractivity contribution in [3.63, 3.8) is 0 Å². The van der Waals surface area contributed by atoms with E-state index in [9.17, 15) is 28.0 Å². The quantitative estimate of drug-likeness (QED) is 0.378. The van der Waals surface area contributed by atoms with Gasteiger partial charge in [0.2, 0.25) is 0 Å². The third-order valence-corrected chi connectivity index (χ3v) is 6.19. The van der Waals surface area contributed by atoms with Crippen molar-refractivity contribution in [3.05, 3.63) is 77.1 Å². The number of pyridine rings is 1. The van der Waals surface area contributed by atoms with Crippen molar-refractivity contribution in [1.82, 2.24) is 19.7 Å². The molecule has 1 aliphatic heterocycles. The Morgan fingerprint density at radius 3 is 2.62 bits per heavy atom. The number of halogens is 3. The largest absolute Gasteiger partial charge is 0.480 e. The van der Waals surface area contributed by atoms with Crippen LogP contribution in [0.15, 0.2) is 54.9 Å². The molecule has 0 unspecified atom stereocenters. The van der Waals surface area contributed by atoms with Gasteiger partial charge in [0.25, 0.3) is 5.91 Å². The molecule has 0 radical (unpaired) electrons. The normalized spacial score (nSPS) is 12.8. The van der Waals surface area contributed by atoms with Crippen LogP contribution in [0.25, 0.3) is 22.5 Å². The summed E-state index contributed by atoms with van der Waals surface area (Å²) in [6.45, 7) is -0.885. The number of benzene rings is 2. The average Bonchev–Trinajstić information content (AvgIpc) is 3.49. The van der Waals surface area contributed by atoms with Gasteiger partial charge in [-0.15, -0.1) is 10.2 Å². The zero-order chi connectivity index (χ0) is 27.9. The minimum Gasteiger partial charge on any atom is -0.480 e. The van der Waals surface area contributed by atoms with Crippen LogP contribution >= 0.6 is 0 Å². The first-order valence-corrected chi connectivity index (χ1v) is 11.4. The van der Waals surface area contributed by atoms with Crippen LogP contribution in [-0.4, -0.2) is 43.3 Å². The molecule has 0 saturated carbocycles. The van der Waals surface area contributed by atoms with Gasteiger partial charge in [0.15, 0.2) is 5.82 Å². The van der Waals surface area contributed by atoms with Gasteiger partial charge in [-0.2, -0.15) is 18.4 Å². The summed E-state index contributed by atoms with van der Waals surface area (Å²) >= 11 is 0. The molecular formula is C26H18F3N7O3. The number of carbonyl (C=O) groups is 2. The van der Waals surface area contributed by atoms with Crippen LogP contribution in [0, 0.1) is 11.3 Å². The number of carboxylic acids is 1. The standard InChI is InChI=1S/C26H18F3N7O3/c1-35-13-32-34-24(35)16-6-5-14(10-30)7-18(16)15-8-21(31-11-23(37)38)33-22(9-15)36-12-19-17(25(36)39)3-2-4-20(19)26(27,28)29/h2-9,13H,11-12H2,1H3,(H,31,33)(H,37,38). The number of rotatable bonds is 6. The van der Waals surface area contributed by atoms with Crippen molar-refractivity contribution in [2.45, 2.75) is 12.7 Å². The topological polar surface area (TPSA) is 137 Å². The summed E-state index contributed by atoms with van der Waals surface area (Å²) in [6, 6.07) is 13.4. The van der Waals surface area contributed by atoms with E-state index in [-0.39, 0.29) is 29.3 Å². The number of anilines is 2. The summed E-state index contributed by atoms with van der Waals surface area (Å²) in [5.41, 5.74) is 0.619. The van der Waals surface area contributed by atoms with Gasteiger partial charge >= 0.3 is 12.1 Å². The first-order valence-electron chi connectivity index (χ1n) is 11.4. The van der Waals surface area contributed by atoms with Gasteiger partial charge in [-0.3, -0.25) is 14.5 Å². The van der Waals surface area contributed by atoms with Gasteiger partial charge in [-0.05, 0) is 59.2 Å². The molecule has 0 bridgehead atoms. The van der Waals surface area contributed by atoms with E-state index in [2.05, 4.69) is 26.6 Å². The second-order valence-corrected chi connectivity index (χ2v) is 8.70. The van der Waals surface area contributed by atoms with Gasteiger partial charge in [-0.1, -0.05) is 6.07 Å². The fraction of sp³-hybridized carbons (Fsp3) is 0.154. The Hall–Kier alpha value is -5.25. The number of nitrogens with one attached hydrogen (secondary N) is 1. The number of carbonyl (C=O) groups excluding carboxylic acids is 1. The van der Waals surface area contributed by atoms with E-state index in [1.54, 1.807) is 29.8 Å². The van der Waals surface area contributed by atoms with Crippen molar-refractivity contribution in [2.75, 3.05) is 16.8 Å². The number of fused-ring (bicyclic) bond motifs is 1. The van der Waals surface area contributed by atoms with Crippen molar-refractivity contribution in [3.8, 4) is 28.6 Å². The number of alkyl halides is 3. The molecule has 1 amide bonds.